The highest BCUT2D eigenvalue weighted by molar-refractivity contribution is 5.72. The number of ether oxygens (including phenoxy) is 1. The number of carbonyl (C=O) groups is 1. The molecule has 0 aromatic carbocycles. The topological polar surface area (TPSA) is 72.5 Å². The molecule has 0 aromatic heterocycles. The van der Waals surface area contributed by atoms with Crippen molar-refractivity contribution in [2.75, 3.05) is 13.2 Å². The fourth-order valence-corrected chi connectivity index (χ4v) is 1.21. The Morgan fingerprint density at radius 1 is 1.62 bits per heavy atom. The van der Waals surface area contributed by atoms with Gasteiger partial charge in [0.2, 0.25) is 0 Å². The molecule has 76 valence electrons. The molecule has 4 heteroatoms. The molecular formula is C9H17NO3. The van der Waals surface area contributed by atoms with Crippen molar-refractivity contribution in [3.8, 4) is 0 Å². The minimum Gasteiger partial charge on any atom is -0.479 e. The minimum absolute atomic E-state index is 0.362. The molecule has 1 atom stereocenters. The van der Waals surface area contributed by atoms with Crippen molar-refractivity contribution < 1.29 is 14.6 Å². The predicted octanol–water partition coefficient (Wildman–Crippen LogP) is 0.605. The van der Waals surface area contributed by atoms with Crippen molar-refractivity contribution in [3.05, 3.63) is 0 Å². The fraction of sp³-hybridized carbons (Fsp3) is 0.889. The van der Waals surface area contributed by atoms with Crippen LogP contribution < -0.4 is 5.73 Å². The van der Waals surface area contributed by atoms with Gasteiger partial charge in [0.25, 0.3) is 0 Å². The lowest BCUT2D eigenvalue weighted by Gasteiger charge is -2.11. The highest BCUT2D eigenvalue weighted by atomic mass is 16.5. The smallest absolute Gasteiger partial charge is 0.332 e. The van der Waals surface area contributed by atoms with Crippen molar-refractivity contribution in [1.29, 1.82) is 0 Å². The Balaban J connectivity index is 2.08. The third-order valence-electron chi connectivity index (χ3n) is 2.25. The van der Waals surface area contributed by atoms with Gasteiger partial charge >= 0.3 is 5.97 Å². The Morgan fingerprint density at radius 2 is 2.31 bits per heavy atom. The highest BCUT2D eigenvalue weighted by Gasteiger charge is 2.22. The molecule has 1 fully saturated rings. The van der Waals surface area contributed by atoms with Gasteiger partial charge in [0.05, 0.1) is 0 Å². The van der Waals surface area contributed by atoms with Gasteiger partial charge in [0, 0.05) is 6.61 Å². The number of hydrogen-bond acceptors (Lipinski definition) is 3. The SMILES string of the molecule is NCCC(OCCC1CC1)C(=O)O. The molecular weight excluding hydrogens is 170 g/mol. The van der Waals surface area contributed by atoms with E-state index in [0.29, 0.717) is 19.6 Å². The zero-order valence-corrected chi connectivity index (χ0v) is 7.74. The third-order valence-corrected chi connectivity index (χ3v) is 2.25. The minimum atomic E-state index is -0.902. The molecule has 13 heavy (non-hydrogen) atoms. The Morgan fingerprint density at radius 3 is 2.77 bits per heavy atom. The summed E-state index contributed by atoms with van der Waals surface area (Å²) >= 11 is 0. The largest absolute Gasteiger partial charge is 0.479 e. The van der Waals surface area contributed by atoms with Gasteiger partial charge < -0.3 is 15.6 Å². The van der Waals surface area contributed by atoms with Crippen molar-refractivity contribution in [1.82, 2.24) is 0 Å². The molecule has 0 spiro atoms. The summed E-state index contributed by atoms with van der Waals surface area (Å²) in [7, 11) is 0. The summed E-state index contributed by atoms with van der Waals surface area (Å²) in [6, 6.07) is 0. The number of rotatable bonds is 7. The third kappa shape index (κ3) is 4.24. The van der Waals surface area contributed by atoms with E-state index >= 15 is 0 Å². The van der Waals surface area contributed by atoms with Gasteiger partial charge in [-0.15, -0.1) is 0 Å². The van der Waals surface area contributed by atoms with E-state index in [1.807, 2.05) is 0 Å². The summed E-state index contributed by atoms with van der Waals surface area (Å²) in [4.78, 5) is 10.6. The molecule has 0 amide bonds. The molecule has 4 nitrogen and oxygen atoms in total. The standard InChI is InChI=1S/C9H17NO3/c10-5-3-8(9(11)12)13-6-4-7-1-2-7/h7-8H,1-6,10H2,(H,11,12). The number of hydrogen-bond donors (Lipinski definition) is 2. The summed E-state index contributed by atoms with van der Waals surface area (Å²) < 4.78 is 5.22. The van der Waals surface area contributed by atoms with Crippen molar-refractivity contribution >= 4 is 5.97 Å². The molecule has 0 radical (unpaired) electrons. The van der Waals surface area contributed by atoms with Gasteiger partial charge in [-0.1, -0.05) is 12.8 Å². The Bertz CT molecular complexity index is 168. The molecule has 1 rings (SSSR count). The van der Waals surface area contributed by atoms with E-state index in [1.54, 1.807) is 0 Å². The molecule has 1 aliphatic carbocycles. The molecule has 1 unspecified atom stereocenters. The van der Waals surface area contributed by atoms with Crippen LogP contribution in [0.25, 0.3) is 0 Å². The summed E-state index contributed by atoms with van der Waals surface area (Å²) in [6.07, 6.45) is 3.24. The van der Waals surface area contributed by atoms with Gasteiger partial charge in [-0.25, -0.2) is 4.79 Å². The van der Waals surface area contributed by atoms with E-state index in [0.717, 1.165) is 12.3 Å². The second kappa shape index (κ2) is 5.19. The quantitative estimate of drug-likeness (QED) is 0.612. The van der Waals surface area contributed by atoms with Crippen LogP contribution in [-0.4, -0.2) is 30.3 Å². The molecule has 0 bridgehead atoms. The van der Waals surface area contributed by atoms with Gasteiger partial charge in [-0.05, 0) is 25.3 Å². The molecule has 1 aliphatic rings. The monoisotopic (exact) mass is 187 g/mol. The van der Waals surface area contributed by atoms with Crippen LogP contribution in [0.4, 0.5) is 0 Å². The predicted molar refractivity (Wildman–Crippen MR) is 48.4 cm³/mol. The van der Waals surface area contributed by atoms with Gasteiger partial charge in [-0.3, -0.25) is 0 Å². The Hall–Kier alpha value is -0.610. The van der Waals surface area contributed by atoms with Crippen molar-refractivity contribution in [2.45, 2.75) is 31.8 Å². The number of carboxylic acids is 1. The normalized spacial score (nSPS) is 18.5. The maximum atomic E-state index is 10.6. The first-order valence-electron chi connectivity index (χ1n) is 4.78. The highest BCUT2D eigenvalue weighted by Crippen LogP contribution is 2.32. The first-order valence-corrected chi connectivity index (χ1v) is 4.78. The van der Waals surface area contributed by atoms with Crippen LogP contribution in [0.1, 0.15) is 25.7 Å². The zero-order chi connectivity index (χ0) is 9.68. The Labute approximate surface area is 78.1 Å². The first kappa shape index (κ1) is 10.5. The molecule has 0 aromatic rings. The second-order valence-corrected chi connectivity index (χ2v) is 3.51. The molecule has 1 saturated carbocycles. The molecule has 0 aliphatic heterocycles. The maximum Gasteiger partial charge on any atom is 0.332 e. The van der Waals surface area contributed by atoms with Crippen LogP contribution in [0.2, 0.25) is 0 Å². The van der Waals surface area contributed by atoms with E-state index in [1.165, 1.54) is 12.8 Å². The number of carboxylic acid groups (broad SMARTS) is 1. The van der Waals surface area contributed by atoms with Crippen LogP contribution in [0.3, 0.4) is 0 Å². The summed E-state index contributed by atoms with van der Waals surface area (Å²) in [5.41, 5.74) is 5.27. The van der Waals surface area contributed by atoms with E-state index < -0.39 is 12.1 Å². The molecule has 0 saturated heterocycles. The lowest BCUT2D eigenvalue weighted by Crippen LogP contribution is -2.27. The Kier molecular flexibility index (Phi) is 4.18. The van der Waals surface area contributed by atoms with Gasteiger partial charge in [0.1, 0.15) is 0 Å². The van der Waals surface area contributed by atoms with E-state index in [4.69, 9.17) is 15.6 Å². The molecule has 0 heterocycles. The second-order valence-electron chi connectivity index (χ2n) is 3.51. The van der Waals surface area contributed by atoms with E-state index in [9.17, 15) is 4.79 Å². The van der Waals surface area contributed by atoms with Crippen LogP contribution in [0, 0.1) is 5.92 Å². The zero-order valence-electron chi connectivity index (χ0n) is 7.74. The summed E-state index contributed by atoms with van der Waals surface area (Å²) in [5.74, 6) is -0.117. The van der Waals surface area contributed by atoms with Crippen LogP contribution in [-0.2, 0) is 9.53 Å². The number of nitrogens with two attached hydrogens (primary N) is 1. The lowest BCUT2D eigenvalue weighted by molar-refractivity contribution is -0.150. The lowest BCUT2D eigenvalue weighted by atomic mass is 10.2. The molecule has 3 N–H and O–H groups in total. The fourth-order valence-electron chi connectivity index (χ4n) is 1.21. The number of aliphatic carboxylic acids is 1. The van der Waals surface area contributed by atoms with Crippen molar-refractivity contribution in [3.63, 3.8) is 0 Å². The van der Waals surface area contributed by atoms with Crippen LogP contribution >= 0.6 is 0 Å². The van der Waals surface area contributed by atoms with Gasteiger partial charge in [-0.2, -0.15) is 0 Å². The van der Waals surface area contributed by atoms with Crippen LogP contribution in [0.5, 0.6) is 0 Å². The van der Waals surface area contributed by atoms with Crippen LogP contribution in [0.15, 0.2) is 0 Å². The summed E-state index contributed by atoms with van der Waals surface area (Å²) in [5, 5.41) is 8.70. The average Bonchev–Trinajstić information content (AvgIpc) is 2.86. The first-order chi connectivity index (χ1) is 6.24. The maximum absolute atomic E-state index is 10.6. The van der Waals surface area contributed by atoms with Gasteiger partial charge in [0.15, 0.2) is 6.10 Å². The van der Waals surface area contributed by atoms with Crippen molar-refractivity contribution in [2.24, 2.45) is 11.7 Å². The average molecular weight is 187 g/mol. The summed E-state index contributed by atoms with van der Waals surface area (Å²) in [6.45, 7) is 0.919. The van der Waals surface area contributed by atoms with E-state index in [2.05, 4.69) is 0 Å². The van der Waals surface area contributed by atoms with E-state index in [-0.39, 0.29) is 0 Å².